The summed E-state index contributed by atoms with van der Waals surface area (Å²) in [6.45, 7) is 4.75. The highest BCUT2D eigenvalue weighted by atomic mass is 32.2. The molecule has 0 radical (unpaired) electrons. The number of hydrogen-bond donors (Lipinski definition) is 0. The van der Waals surface area contributed by atoms with E-state index >= 15 is 0 Å². The van der Waals surface area contributed by atoms with Gasteiger partial charge in [0.15, 0.2) is 5.16 Å². The monoisotopic (exact) mass is 347 g/mol. The van der Waals surface area contributed by atoms with Crippen LogP contribution in [0.1, 0.15) is 32.7 Å². The SMILES string of the molecule is CC(C)n1ccc(=O)nc1SC1CCCN(c2cnn(C)c2)C1=O. The number of nitrogens with zero attached hydrogens (tertiary/aromatic N) is 5. The summed E-state index contributed by atoms with van der Waals surface area (Å²) in [5.41, 5.74) is 0.539. The number of carbonyl (C=O) groups is 1. The lowest BCUT2D eigenvalue weighted by Gasteiger charge is -2.31. The second-order valence-corrected chi connectivity index (χ2v) is 7.33. The summed E-state index contributed by atoms with van der Waals surface area (Å²) in [7, 11) is 1.83. The number of carbonyl (C=O) groups excluding carboxylic acids is 1. The summed E-state index contributed by atoms with van der Waals surface area (Å²) in [5.74, 6) is 0.0488. The first-order chi connectivity index (χ1) is 11.5. The van der Waals surface area contributed by atoms with Crippen molar-refractivity contribution >= 4 is 23.4 Å². The molecule has 1 atom stereocenters. The Morgan fingerprint density at radius 1 is 1.33 bits per heavy atom. The molecular weight excluding hydrogens is 326 g/mol. The van der Waals surface area contributed by atoms with Crippen LogP contribution in [0.4, 0.5) is 5.69 Å². The van der Waals surface area contributed by atoms with Gasteiger partial charge in [-0.3, -0.25) is 14.3 Å². The number of aromatic nitrogens is 4. The molecule has 2 aromatic rings. The Balaban J connectivity index is 1.84. The maximum Gasteiger partial charge on any atom is 0.273 e. The van der Waals surface area contributed by atoms with Crippen molar-refractivity contribution in [3.8, 4) is 0 Å². The third-order valence-corrected chi connectivity index (χ3v) is 5.24. The summed E-state index contributed by atoms with van der Waals surface area (Å²) >= 11 is 1.38. The Labute approximate surface area is 144 Å². The Hall–Kier alpha value is -2.09. The molecule has 1 saturated heterocycles. The van der Waals surface area contributed by atoms with Crippen LogP contribution in [0.25, 0.3) is 0 Å². The number of piperidine rings is 1. The van der Waals surface area contributed by atoms with Gasteiger partial charge in [-0.05, 0) is 26.7 Å². The lowest BCUT2D eigenvalue weighted by Crippen LogP contribution is -2.43. The van der Waals surface area contributed by atoms with Crippen LogP contribution < -0.4 is 10.5 Å². The summed E-state index contributed by atoms with van der Waals surface area (Å²) in [6, 6.07) is 1.63. The summed E-state index contributed by atoms with van der Waals surface area (Å²) in [4.78, 5) is 30.4. The Kier molecular flexibility index (Phi) is 4.75. The van der Waals surface area contributed by atoms with Gasteiger partial charge in [0.25, 0.3) is 5.56 Å². The van der Waals surface area contributed by atoms with E-state index in [1.165, 1.54) is 17.8 Å². The molecule has 0 aliphatic carbocycles. The summed E-state index contributed by atoms with van der Waals surface area (Å²) in [5, 5.41) is 4.51. The van der Waals surface area contributed by atoms with Crippen molar-refractivity contribution in [2.24, 2.45) is 7.05 Å². The highest BCUT2D eigenvalue weighted by molar-refractivity contribution is 8.00. The van der Waals surface area contributed by atoms with Crippen LogP contribution in [0, 0.1) is 0 Å². The maximum absolute atomic E-state index is 12.9. The average molecular weight is 347 g/mol. The molecular formula is C16H21N5O2S. The zero-order valence-corrected chi connectivity index (χ0v) is 14.9. The van der Waals surface area contributed by atoms with E-state index in [0.29, 0.717) is 11.7 Å². The summed E-state index contributed by atoms with van der Waals surface area (Å²) < 4.78 is 3.62. The standard InChI is InChI=1S/C16H21N5O2S/c1-11(2)20-8-6-14(22)18-16(20)24-13-5-4-7-21(15(13)23)12-9-17-19(3)10-12/h6,8-11,13H,4-5,7H2,1-3H3. The molecule has 3 rings (SSSR count). The highest BCUT2D eigenvalue weighted by Crippen LogP contribution is 2.31. The van der Waals surface area contributed by atoms with Gasteiger partial charge < -0.3 is 9.47 Å². The third-order valence-electron chi connectivity index (χ3n) is 4.00. The molecule has 1 unspecified atom stereocenters. The van der Waals surface area contributed by atoms with E-state index in [0.717, 1.165) is 18.5 Å². The fraction of sp³-hybridized carbons (Fsp3) is 0.500. The predicted octanol–water partition coefficient (Wildman–Crippen LogP) is 1.85. The molecule has 3 heterocycles. The smallest absolute Gasteiger partial charge is 0.273 e. The zero-order valence-electron chi connectivity index (χ0n) is 14.0. The largest absolute Gasteiger partial charge is 0.325 e. The van der Waals surface area contributed by atoms with Crippen molar-refractivity contribution in [2.75, 3.05) is 11.4 Å². The van der Waals surface area contributed by atoms with E-state index in [9.17, 15) is 9.59 Å². The first-order valence-electron chi connectivity index (χ1n) is 8.01. The topological polar surface area (TPSA) is 73.0 Å². The molecule has 8 heteroatoms. The minimum Gasteiger partial charge on any atom is -0.325 e. The van der Waals surface area contributed by atoms with Gasteiger partial charge in [-0.25, -0.2) is 0 Å². The van der Waals surface area contributed by atoms with Crippen molar-refractivity contribution in [1.29, 1.82) is 0 Å². The molecule has 1 amide bonds. The second-order valence-electron chi connectivity index (χ2n) is 6.16. The van der Waals surface area contributed by atoms with Crippen molar-refractivity contribution in [3.05, 3.63) is 35.0 Å². The molecule has 1 fully saturated rings. The fourth-order valence-electron chi connectivity index (χ4n) is 2.76. The van der Waals surface area contributed by atoms with Crippen LogP contribution >= 0.6 is 11.8 Å². The van der Waals surface area contributed by atoms with Crippen LogP contribution in [0.15, 0.2) is 34.6 Å². The second kappa shape index (κ2) is 6.80. The van der Waals surface area contributed by atoms with Crippen LogP contribution in [-0.2, 0) is 11.8 Å². The van der Waals surface area contributed by atoms with E-state index in [-0.39, 0.29) is 22.8 Å². The lowest BCUT2D eigenvalue weighted by molar-refractivity contribution is -0.119. The average Bonchev–Trinajstić information content (AvgIpc) is 2.95. The van der Waals surface area contributed by atoms with Crippen molar-refractivity contribution < 1.29 is 4.79 Å². The van der Waals surface area contributed by atoms with Crippen molar-refractivity contribution in [2.45, 2.75) is 43.1 Å². The molecule has 0 saturated carbocycles. The quantitative estimate of drug-likeness (QED) is 0.789. The predicted molar refractivity (Wildman–Crippen MR) is 93.3 cm³/mol. The van der Waals surface area contributed by atoms with Crippen LogP contribution in [0.2, 0.25) is 0 Å². The number of amides is 1. The molecule has 1 aliphatic rings. The maximum atomic E-state index is 12.9. The van der Waals surface area contributed by atoms with Gasteiger partial charge >= 0.3 is 0 Å². The summed E-state index contributed by atoms with van der Waals surface area (Å²) in [6.07, 6.45) is 6.99. The fourth-order valence-corrected chi connectivity index (χ4v) is 4.06. The normalized spacial score (nSPS) is 18.4. The molecule has 2 aromatic heterocycles. The Morgan fingerprint density at radius 2 is 2.12 bits per heavy atom. The van der Waals surface area contributed by atoms with Gasteiger partial charge in [-0.2, -0.15) is 10.1 Å². The van der Waals surface area contributed by atoms with E-state index in [1.807, 2.05) is 31.7 Å². The van der Waals surface area contributed by atoms with Crippen LogP contribution in [0.5, 0.6) is 0 Å². The van der Waals surface area contributed by atoms with Gasteiger partial charge in [-0.1, -0.05) is 11.8 Å². The van der Waals surface area contributed by atoms with Crippen molar-refractivity contribution in [1.82, 2.24) is 19.3 Å². The Bertz CT molecular complexity index is 798. The van der Waals surface area contributed by atoms with E-state index in [1.54, 1.807) is 22.0 Å². The van der Waals surface area contributed by atoms with Crippen molar-refractivity contribution in [3.63, 3.8) is 0 Å². The first-order valence-corrected chi connectivity index (χ1v) is 8.89. The highest BCUT2D eigenvalue weighted by Gasteiger charge is 2.32. The number of hydrogen-bond acceptors (Lipinski definition) is 5. The third kappa shape index (κ3) is 3.38. The molecule has 128 valence electrons. The lowest BCUT2D eigenvalue weighted by atomic mass is 10.1. The van der Waals surface area contributed by atoms with Gasteiger partial charge in [0.2, 0.25) is 5.91 Å². The van der Waals surface area contributed by atoms with Gasteiger partial charge in [-0.15, -0.1) is 0 Å². The minimum atomic E-state index is -0.276. The van der Waals surface area contributed by atoms with Crippen LogP contribution in [0.3, 0.4) is 0 Å². The van der Waals surface area contributed by atoms with E-state index < -0.39 is 0 Å². The van der Waals surface area contributed by atoms with Gasteiger partial charge in [0.05, 0.1) is 17.1 Å². The zero-order chi connectivity index (χ0) is 17.3. The molecule has 1 aliphatic heterocycles. The minimum absolute atomic E-state index is 0.0488. The molecule has 24 heavy (non-hydrogen) atoms. The molecule has 7 nitrogen and oxygen atoms in total. The Morgan fingerprint density at radius 3 is 2.79 bits per heavy atom. The molecule has 0 aromatic carbocycles. The van der Waals surface area contributed by atoms with E-state index in [2.05, 4.69) is 10.1 Å². The number of thioether (sulfide) groups is 1. The van der Waals surface area contributed by atoms with Gasteiger partial charge in [0, 0.05) is 38.1 Å². The number of rotatable bonds is 4. The van der Waals surface area contributed by atoms with E-state index in [4.69, 9.17) is 0 Å². The number of aryl methyl sites for hydroxylation is 1. The number of anilines is 1. The molecule has 0 spiro atoms. The van der Waals surface area contributed by atoms with Crippen LogP contribution in [-0.4, -0.2) is 37.0 Å². The molecule has 0 bridgehead atoms. The first kappa shape index (κ1) is 16.8. The molecule has 0 N–H and O–H groups in total. The van der Waals surface area contributed by atoms with Gasteiger partial charge in [0.1, 0.15) is 0 Å².